The van der Waals surface area contributed by atoms with Crippen LogP contribution in [0.5, 0.6) is 0 Å². The number of hydrogen-bond acceptors (Lipinski definition) is 4. The summed E-state index contributed by atoms with van der Waals surface area (Å²) in [5.41, 5.74) is 1.02. The van der Waals surface area contributed by atoms with E-state index >= 15 is 0 Å². The van der Waals surface area contributed by atoms with Crippen LogP contribution in [0.3, 0.4) is 0 Å². The van der Waals surface area contributed by atoms with Crippen LogP contribution in [-0.2, 0) is 16.1 Å². The summed E-state index contributed by atoms with van der Waals surface area (Å²) in [5.74, 6) is 1.80. The van der Waals surface area contributed by atoms with Crippen molar-refractivity contribution < 1.29 is 14.3 Å². The largest absolute Gasteiger partial charge is 0.445 e. The Bertz CT molecular complexity index is 901. The second kappa shape index (κ2) is 36.7. The first-order valence-electron chi connectivity index (χ1n) is 21.7. The predicted octanol–water partition coefficient (Wildman–Crippen LogP) is 14.2. The van der Waals surface area contributed by atoms with Crippen molar-refractivity contribution in [2.24, 2.45) is 16.8 Å². The van der Waals surface area contributed by atoms with Gasteiger partial charge in [0.05, 0.1) is 6.54 Å². The van der Waals surface area contributed by atoms with Gasteiger partial charge < -0.3 is 10.1 Å². The highest BCUT2D eigenvalue weighted by Crippen LogP contribution is 2.34. The number of amides is 1. The maximum absolute atomic E-state index is 12.0. The van der Waals surface area contributed by atoms with Crippen LogP contribution in [-0.4, -0.2) is 25.3 Å². The van der Waals surface area contributed by atoms with Crippen LogP contribution in [0, 0.1) is 11.8 Å². The molecule has 5 nitrogen and oxygen atoms in total. The molecule has 288 valence electrons. The minimum atomic E-state index is -0.312. The van der Waals surface area contributed by atoms with Gasteiger partial charge in [-0.15, -0.1) is 0 Å². The molecule has 5 heteroatoms. The van der Waals surface area contributed by atoms with Gasteiger partial charge in [0.25, 0.3) is 0 Å². The second-order valence-electron chi connectivity index (χ2n) is 15.1. The SMILES string of the molecule is CCCCCCCCCC(CCCCCCCCN=C=O)C(CCCCCCCCC)CCCCCCCCNC(=O)OCc1ccccc1. The summed E-state index contributed by atoms with van der Waals surface area (Å²) in [5, 5.41) is 2.91. The minimum absolute atomic E-state index is 0.312. The van der Waals surface area contributed by atoms with E-state index in [-0.39, 0.29) is 6.09 Å². The molecule has 0 aliphatic rings. The monoisotopic (exact) mass is 697 g/mol. The van der Waals surface area contributed by atoms with Crippen molar-refractivity contribution in [1.82, 2.24) is 5.32 Å². The number of unbranched alkanes of at least 4 members (excludes halogenated alkanes) is 22. The predicted molar refractivity (Wildman–Crippen MR) is 214 cm³/mol. The van der Waals surface area contributed by atoms with E-state index in [9.17, 15) is 9.59 Å². The lowest BCUT2D eigenvalue weighted by Gasteiger charge is -2.28. The summed E-state index contributed by atoms with van der Waals surface area (Å²) < 4.78 is 5.33. The lowest BCUT2D eigenvalue weighted by Crippen LogP contribution is -2.25. The molecule has 0 heterocycles. The number of isocyanates is 1. The topological polar surface area (TPSA) is 67.8 Å². The number of nitrogens with one attached hydrogen (secondary N) is 1. The van der Waals surface area contributed by atoms with Crippen molar-refractivity contribution in [2.45, 2.75) is 213 Å². The highest BCUT2D eigenvalue weighted by atomic mass is 16.5. The molecule has 0 radical (unpaired) electrons. The Hall–Kier alpha value is -2.13. The van der Waals surface area contributed by atoms with Crippen LogP contribution in [0.25, 0.3) is 0 Å². The lowest BCUT2D eigenvalue weighted by molar-refractivity contribution is 0.139. The fourth-order valence-electron chi connectivity index (χ4n) is 7.51. The summed E-state index contributed by atoms with van der Waals surface area (Å²) in [6, 6.07) is 9.85. The van der Waals surface area contributed by atoms with Gasteiger partial charge in [-0.05, 0) is 30.2 Å². The van der Waals surface area contributed by atoms with Crippen molar-refractivity contribution >= 4 is 12.2 Å². The molecule has 0 aliphatic carbocycles. The molecule has 1 aromatic carbocycles. The first kappa shape index (κ1) is 45.9. The number of hydrogen-bond donors (Lipinski definition) is 1. The summed E-state index contributed by atoms with van der Waals surface area (Å²) in [6.07, 6.45) is 41.8. The molecule has 1 N–H and O–H groups in total. The first-order valence-corrected chi connectivity index (χ1v) is 21.7. The summed E-state index contributed by atoms with van der Waals surface area (Å²) in [4.78, 5) is 26.0. The number of benzene rings is 1. The fourth-order valence-corrected chi connectivity index (χ4v) is 7.51. The number of alkyl carbamates (subject to hydrolysis) is 1. The Balaban J connectivity index is 2.47. The highest BCUT2D eigenvalue weighted by molar-refractivity contribution is 5.67. The summed E-state index contributed by atoms with van der Waals surface area (Å²) in [7, 11) is 0. The van der Waals surface area contributed by atoms with Gasteiger partial charge in [0.2, 0.25) is 6.08 Å². The number of rotatable bonds is 37. The van der Waals surface area contributed by atoms with Gasteiger partial charge in [0, 0.05) is 6.54 Å². The molecular formula is C45H80N2O3. The quantitative estimate of drug-likeness (QED) is 0.0428. The van der Waals surface area contributed by atoms with E-state index in [1.807, 2.05) is 30.3 Å². The third-order valence-electron chi connectivity index (χ3n) is 10.7. The van der Waals surface area contributed by atoms with E-state index < -0.39 is 0 Å². The van der Waals surface area contributed by atoms with Crippen LogP contribution in [0.4, 0.5) is 4.79 Å². The Labute approximate surface area is 310 Å². The minimum Gasteiger partial charge on any atom is -0.445 e. The fraction of sp³-hybridized carbons (Fsp3) is 0.822. The Morgan fingerprint density at radius 3 is 1.42 bits per heavy atom. The Morgan fingerprint density at radius 2 is 0.980 bits per heavy atom. The Morgan fingerprint density at radius 1 is 0.580 bits per heavy atom. The van der Waals surface area contributed by atoms with E-state index in [1.54, 1.807) is 6.08 Å². The molecule has 0 bridgehead atoms. The van der Waals surface area contributed by atoms with Gasteiger partial charge in [0.1, 0.15) is 6.61 Å². The molecule has 0 aliphatic heterocycles. The van der Waals surface area contributed by atoms with E-state index in [0.29, 0.717) is 19.7 Å². The molecule has 50 heavy (non-hydrogen) atoms. The molecule has 0 saturated carbocycles. The summed E-state index contributed by atoms with van der Waals surface area (Å²) >= 11 is 0. The second-order valence-corrected chi connectivity index (χ2v) is 15.1. The molecule has 1 amide bonds. The smallest absolute Gasteiger partial charge is 0.407 e. The lowest BCUT2D eigenvalue weighted by atomic mass is 9.78. The molecule has 1 aromatic rings. The van der Waals surface area contributed by atoms with Crippen LogP contribution >= 0.6 is 0 Å². The van der Waals surface area contributed by atoms with E-state index in [4.69, 9.17) is 4.74 Å². The van der Waals surface area contributed by atoms with Gasteiger partial charge in [-0.1, -0.05) is 224 Å². The molecule has 0 fully saturated rings. The molecule has 0 aromatic heterocycles. The molecule has 1 rings (SSSR count). The molecular weight excluding hydrogens is 617 g/mol. The molecule has 0 spiro atoms. The van der Waals surface area contributed by atoms with Crippen molar-refractivity contribution in [2.75, 3.05) is 13.1 Å². The number of aliphatic imine (C=N–C) groups is 1. The maximum Gasteiger partial charge on any atom is 0.407 e. The average molecular weight is 697 g/mol. The summed E-state index contributed by atoms with van der Waals surface area (Å²) in [6.45, 7) is 6.29. The van der Waals surface area contributed by atoms with Crippen LogP contribution in [0.2, 0.25) is 0 Å². The van der Waals surface area contributed by atoms with Crippen molar-refractivity contribution in [3.05, 3.63) is 35.9 Å². The normalized spacial score (nSPS) is 12.4. The van der Waals surface area contributed by atoms with Crippen molar-refractivity contribution in [3.8, 4) is 0 Å². The number of nitrogens with zero attached hydrogens (tertiary/aromatic N) is 1. The number of ether oxygens (including phenoxy) is 1. The van der Waals surface area contributed by atoms with Gasteiger partial charge in [-0.25, -0.2) is 14.6 Å². The van der Waals surface area contributed by atoms with Crippen molar-refractivity contribution in [1.29, 1.82) is 0 Å². The molecule has 2 unspecified atom stereocenters. The van der Waals surface area contributed by atoms with Gasteiger partial charge in [-0.3, -0.25) is 0 Å². The maximum atomic E-state index is 12.0. The number of carbonyl (C=O) groups is 1. The standard InChI is InChI=1S/C45H80N2O3/c1-3-5-7-9-11-17-26-34-43(36-28-19-13-15-21-30-38-46-41-48)44(35-27-18-12-10-8-6-4-2)37-29-20-14-16-22-31-39-47-45(49)50-40-42-32-24-23-25-33-42/h23-25,32-33,43-44H,3-22,26-31,34-40H2,1-2H3,(H,47,49). The van der Waals surface area contributed by atoms with Gasteiger partial charge in [0.15, 0.2) is 0 Å². The van der Waals surface area contributed by atoms with E-state index in [1.165, 1.54) is 180 Å². The van der Waals surface area contributed by atoms with Gasteiger partial charge in [-0.2, -0.15) is 0 Å². The highest BCUT2D eigenvalue weighted by Gasteiger charge is 2.20. The number of carbonyl (C=O) groups excluding carboxylic acids is 2. The third-order valence-corrected chi connectivity index (χ3v) is 10.7. The Kier molecular flexibility index (Phi) is 33.6. The zero-order valence-electron chi connectivity index (χ0n) is 33.0. The zero-order chi connectivity index (χ0) is 36.0. The van der Waals surface area contributed by atoms with E-state index in [2.05, 4.69) is 24.2 Å². The van der Waals surface area contributed by atoms with Crippen LogP contribution < -0.4 is 5.32 Å². The molecule has 2 atom stereocenters. The van der Waals surface area contributed by atoms with Crippen molar-refractivity contribution in [3.63, 3.8) is 0 Å². The van der Waals surface area contributed by atoms with Gasteiger partial charge >= 0.3 is 6.09 Å². The van der Waals surface area contributed by atoms with E-state index in [0.717, 1.165) is 30.2 Å². The molecule has 0 saturated heterocycles. The van der Waals surface area contributed by atoms with Crippen LogP contribution in [0.1, 0.15) is 212 Å². The average Bonchev–Trinajstić information content (AvgIpc) is 3.13. The van der Waals surface area contributed by atoms with Crippen LogP contribution in [0.15, 0.2) is 35.3 Å². The zero-order valence-corrected chi connectivity index (χ0v) is 33.0. The first-order chi connectivity index (χ1) is 24.7. The third kappa shape index (κ3) is 29.6.